The van der Waals surface area contributed by atoms with E-state index in [2.05, 4.69) is 15.3 Å². The maximum absolute atomic E-state index is 12.4. The Labute approximate surface area is 142 Å². The molecule has 3 rings (SSSR count). The number of nitrogens with one attached hydrogen (secondary N) is 1. The molecule has 2 aromatic rings. The Morgan fingerprint density at radius 1 is 1.21 bits per heavy atom. The summed E-state index contributed by atoms with van der Waals surface area (Å²) in [5, 5.41) is 13.2. The van der Waals surface area contributed by atoms with Crippen LogP contribution in [0.1, 0.15) is 65.6 Å². The van der Waals surface area contributed by atoms with E-state index in [1.54, 1.807) is 19.9 Å². The van der Waals surface area contributed by atoms with E-state index in [0.717, 1.165) is 24.0 Å². The summed E-state index contributed by atoms with van der Waals surface area (Å²) in [6.07, 6.45) is 3.28. The normalized spacial score (nSPS) is 16.2. The number of amides is 1. The lowest BCUT2D eigenvalue weighted by Crippen LogP contribution is -2.30. The fourth-order valence-electron chi connectivity index (χ4n) is 2.68. The van der Waals surface area contributed by atoms with Crippen molar-refractivity contribution in [3.05, 3.63) is 17.8 Å². The first-order valence-electron chi connectivity index (χ1n) is 8.50. The second-order valence-electron chi connectivity index (χ2n) is 8.19. The van der Waals surface area contributed by atoms with Gasteiger partial charge in [0.25, 0.3) is 0 Å². The number of pyridine rings is 1. The summed E-state index contributed by atoms with van der Waals surface area (Å²) < 4.78 is 2.03. The molecule has 2 N–H and O–H groups in total. The number of fused-ring (bicyclic) bond motifs is 1. The summed E-state index contributed by atoms with van der Waals surface area (Å²) in [6.45, 7) is 9.07. The summed E-state index contributed by atoms with van der Waals surface area (Å²) in [6, 6.07) is 3.95. The van der Waals surface area contributed by atoms with Gasteiger partial charge in [-0.2, -0.15) is 0 Å². The lowest BCUT2D eigenvalue weighted by molar-refractivity contribution is -0.123. The molecule has 1 aliphatic rings. The number of aromatic nitrogens is 3. The van der Waals surface area contributed by atoms with E-state index in [0.29, 0.717) is 17.7 Å². The SMILES string of the molecule is CC(C)(C)C(=O)Nc1nc2ccc(C(C)(C)O)nc2n1C1CCC1. The number of anilines is 1. The maximum atomic E-state index is 12.4. The number of imidazole rings is 1. The lowest BCUT2D eigenvalue weighted by atomic mass is 9.93. The van der Waals surface area contributed by atoms with Crippen molar-refractivity contribution in [3.8, 4) is 0 Å². The smallest absolute Gasteiger partial charge is 0.232 e. The molecule has 1 amide bonds. The first-order chi connectivity index (χ1) is 11.1. The fourth-order valence-corrected chi connectivity index (χ4v) is 2.68. The van der Waals surface area contributed by atoms with Gasteiger partial charge in [0.05, 0.1) is 5.69 Å². The van der Waals surface area contributed by atoms with E-state index in [4.69, 9.17) is 0 Å². The third-order valence-corrected chi connectivity index (χ3v) is 4.51. The van der Waals surface area contributed by atoms with Crippen LogP contribution in [-0.4, -0.2) is 25.5 Å². The van der Waals surface area contributed by atoms with Gasteiger partial charge in [-0.25, -0.2) is 9.97 Å². The van der Waals surface area contributed by atoms with Crippen LogP contribution in [0.5, 0.6) is 0 Å². The maximum Gasteiger partial charge on any atom is 0.232 e. The molecule has 6 nitrogen and oxygen atoms in total. The molecule has 0 saturated heterocycles. The Kier molecular flexibility index (Phi) is 3.91. The van der Waals surface area contributed by atoms with Crippen LogP contribution in [0.2, 0.25) is 0 Å². The summed E-state index contributed by atoms with van der Waals surface area (Å²) in [5.41, 5.74) is 0.554. The van der Waals surface area contributed by atoms with Crippen molar-refractivity contribution in [3.63, 3.8) is 0 Å². The average Bonchev–Trinajstić information content (AvgIpc) is 2.72. The molecule has 1 aliphatic carbocycles. The van der Waals surface area contributed by atoms with Crippen LogP contribution in [-0.2, 0) is 10.4 Å². The minimum atomic E-state index is -1.02. The molecule has 0 unspecified atom stereocenters. The topological polar surface area (TPSA) is 80.0 Å². The summed E-state index contributed by atoms with van der Waals surface area (Å²) in [7, 11) is 0. The Morgan fingerprint density at radius 2 is 1.88 bits per heavy atom. The monoisotopic (exact) mass is 330 g/mol. The van der Waals surface area contributed by atoms with Crippen LogP contribution in [0.3, 0.4) is 0 Å². The van der Waals surface area contributed by atoms with Crippen LogP contribution in [0.25, 0.3) is 11.2 Å². The number of nitrogens with zero attached hydrogens (tertiary/aromatic N) is 3. The van der Waals surface area contributed by atoms with Crippen LogP contribution in [0, 0.1) is 5.41 Å². The van der Waals surface area contributed by atoms with Crippen LogP contribution in [0.4, 0.5) is 5.95 Å². The van der Waals surface area contributed by atoms with Gasteiger partial charge in [-0.05, 0) is 45.2 Å². The predicted octanol–water partition coefficient (Wildman–Crippen LogP) is 3.37. The number of hydrogen-bond donors (Lipinski definition) is 2. The minimum absolute atomic E-state index is 0.0684. The highest BCUT2D eigenvalue weighted by atomic mass is 16.3. The number of carbonyl (C=O) groups is 1. The molecule has 0 aliphatic heterocycles. The molecular formula is C18H26N4O2. The molecule has 2 heterocycles. The highest BCUT2D eigenvalue weighted by Crippen LogP contribution is 2.37. The molecular weight excluding hydrogens is 304 g/mol. The highest BCUT2D eigenvalue weighted by molar-refractivity contribution is 5.94. The predicted molar refractivity (Wildman–Crippen MR) is 93.7 cm³/mol. The fraction of sp³-hybridized carbons (Fsp3) is 0.611. The molecule has 1 fully saturated rings. The molecule has 24 heavy (non-hydrogen) atoms. The van der Waals surface area contributed by atoms with Gasteiger partial charge in [-0.3, -0.25) is 14.7 Å². The second kappa shape index (κ2) is 5.55. The van der Waals surface area contributed by atoms with Gasteiger partial charge < -0.3 is 5.11 Å². The first kappa shape index (κ1) is 16.9. The van der Waals surface area contributed by atoms with Crippen molar-refractivity contribution in [2.45, 2.75) is 65.5 Å². The molecule has 130 valence electrons. The quantitative estimate of drug-likeness (QED) is 0.904. The van der Waals surface area contributed by atoms with E-state index in [1.165, 1.54) is 6.42 Å². The van der Waals surface area contributed by atoms with Crippen LogP contribution < -0.4 is 5.32 Å². The van der Waals surface area contributed by atoms with E-state index < -0.39 is 11.0 Å². The zero-order chi connectivity index (χ0) is 17.7. The van der Waals surface area contributed by atoms with Gasteiger partial charge in [0, 0.05) is 11.5 Å². The number of hydrogen-bond acceptors (Lipinski definition) is 4. The number of carbonyl (C=O) groups excluding carboxylic acids is 1. The molecule has 2 aromatic heterocycles. The highest BCUT2D eigenvalue weighted by Gasteiger charge is 2.29. The van der Waals surface area contributed by atoms with Gasteiger partial charge >= 0.3 is 0 Å². The Balaban J connectivity index is 2.10. The molecule has 6 heteroatoms. The van der Waals surface area contributed by atoms with E-state index in [1.807, 2.05) is 31.4 Å². The minimum Gasteiger partial charge on any atom is -0.384 e. The Hall–Kier alpha value is -1.95. The van der Waals surface area contributed by atoms with Crippen LogP contribution >= 0.6 is 0 Å². The van der Waals surface area contributed by atoms with Crippen molar-refractivity contribution in [2.75, 3.05) is 5.32 Å². The van der Waals surface area contributed by atoms with Crippen LogP contribution in [0.15, 0.2) is 12.1 Å². The van der Waals surface area contributed by atoms with Crippen molar-refractivity contribution in [1.82, 2.24) is 14.5 Å². The number of aliphatic hydroxyl groups is 1. The van der Waals surface area contributed by atoms with Gasteiger partial charge in [0.1, 0.15) is 11.1 Å². The van der Waals surface area contributed by atoms with E-state index in [9.17, 15) is 9.90 Å². The Bertz CT molecular complexity index is 777. The average molecular weight is 330 g/mol. The van der Waals surface area contributed by atoms with Gasteiger partial charge in [0.15, 0.2) is 5.65 Å². The standard InChI is InChI=1S/C18H26N4O2/c1-17(2,3)15(23)21-16-19-12-9-10-13(18(4,5)24)20-14(12)22(16)11-7-6-8-11/h9-11,24H,6-8H2,1-5H3,(H,19,21,23). The van der Waals surface area contributed by atoms with Crippen molar-refractivity contribution >= 4 is 23.0 Å². The van der Waals surface area contributed by atoms with Crippen molar-refractivity contribution in [1.29, 1.82) is 0 Å². The van der Waals surface area contributed by atoms with E-state index in [-0.39, 0.29) is 5.91 Å². The zero-order valence-electron chi connectivity index (χ0n) is 15.1. The zero-order valence-corrected chi connectivity index (χ0v) is 15.1. The molecule has 0 aromatic carbocycles. The molecule has 1 saturated carbocycles. The summed E-state index contributed by atoms with van der Waals surface area (Å²) >= 11 is 0. The lowest BCUT2D eigenvalue weighted by Gasteiger charge is -2.29. The summed E-state index contributed by atoms with van der Waals surface area (Å²) in [4.78, 5) is 21.6. The molecule has 0 radical (unpaired) electrons. The first-order valence-corrected chi connectivity index (χ1v) is 8.50. The largest absolute Gasteiger partial charge is 0.384 e. The van der Waals surface area contributed by atoms with Gasteiger partial charge in [0.2, 0.25) is 11.9 Å². The third kappa shape index (κ3) is 3.02. The van der Waals surface area contributed by atoms with Crippen molar-refractivity contribution < 1.29 is 9.90 Å². The summed E-state index contributed by atoms with van der Waals surface area (Å²) in [5.74, 6) is 0.483. The third-order valence-electron chi connectivity index (χ3n) is 4.51. The van der Waals surface area contributed by atoms with E-state index >= 15 is 0 Å². The molecule has 0 atom stereocenters. The van der Waals surface area contributed by atoms with Gasteiger partial charge in [-0.1, -0.05) is 20.8 Å². The van der Waals surface area contributed by atoms with Gasteiger partial charge in [-0.15, -0.1) is 0 Å². The molecule has 0 spiro atoms. The second-order valence-corrected chi connectivity index (χ2v) is 8.19. The van der Waals surface area contributed by atoms with Crippen molar-refractivity contribution in [2.24, 2.45) is 5.41 Å². The Morgan fingerprint density at radius 3 is 2.38 bits per heavy atom. The number of rotatable bonds is 3. The molecule has 0 bridgehead atoms.